The average molecular weight is 436 g/mol. The smallest absolute Gasteiger partial charge is 0.211 e. The molecule has 1 heterocycles. The highest BCUT2D eigenvalue weighted by atomic mass is 35.5. The molecule has 2 aromatic rings. The number of halogens is 2. The number of nitrogens with zero attached hydrogens (tertiary/aromatic N) is 5. The van der Waals surface area contributed by atoms with E-state index in [-0.39, 0.29) is 13.2 Å². The number of aryl methyl sites for hydroxylation is 1. The summed E-state index contributed by atoms with van der Waals surface area (Å²) in [7, 11) is -3.29. The molecule has 0 aliphatic heterocycles. The molecule has 0 spiro atoms. The van der Waals surface area contributed by atoms with E-state index >= 15 is 0 Å². The zero-order valence-electron chi connectivity index (χ0n) is 15.1. The van der Waals surface area contributed by atoms with Gasteiger partial charge in [-0.3, -0.25) is 0 Å². The molecular weight excluding hydrogens is 413 g/mol. The van der Waals surface area contributed by atoms with Gasteiger partial charge in [-0.25, -0.2) is 13.1 Å². The van der Waals surface area contributed by atoms with Crippen LogP contribution < -0.4 is 4.74 Å². The monoisotopic (exact) mass is 435 g/mol. The van der Waals surface area contributed by atoms with Crippen molar-refractivity contribution in [1.82, 2.24) is 24.5 Å². The Morgan fingerprint density at radius 1 is 1.07 bits per heavy atom. The van der Waals surface area contributed by atoms with Gasteiger partial charge in [0.1, 0.15) is 18.7 Å². The number of unbranched alkanes of at least 4 members (excludes halogenated alkanes) is 3. The number of hydrogen-bond donors (Lipinski definition) is 0. The van der Waals surface area contributed by atoms with Gasteiger partial charge in [0, 0.05) is 29.7 Å². The number of tetrazole rings is 1. The highest BCUT2D eigenvalue weighted by molar-refractivity contribution is 7.88. The van der Waals surface area contributed by atoms with Crippen molar-refractivity contribution in [2.75, 3.05) is 26.0 Å². The third kappa shape index (κ3) is 8.42. The summed E-state index contributed by atoms with van der Waals surface area (Å²) in [5.74, 6) is 0.517. The minimum absolute atomic E-state index is 0.225. The lowest BCUT2D eigenvalue weighted by Crippen LogP contribution is -2.34. The highest BCUT2D eigenvalue weighted by Gasteiger charge is 2.16. The molecule has 0 amide bonds. The Bertz CT molecular complexity index is 782. The second kappa shape index (κ2) is 10.8. The van der Waals surface area contributed by atoms with Crippen LogP contribution in [-0.2, 0) is 16.6 Å². The van der Waals surface area contributed by atoms with E-state index in [1.807, 2.05) is 0 Å². The fourth-order valence-corrected chi connectivity index (χ4v) is 3.89. The minimum atomic E-state index is -3.29. The van der Waals surface area contributed by atoms with Gasteiger partial charge in [0.15, 0.2) is 0 Å². The molecule has 27 heavy (non-hydrogen) atoms. The van der Waals surface area contributed by atoms with Crippen LogP contribution >= 0.6 is 23.2 Å². The van der Waals surface area contributed by atoms with Crippen LogP contribution in [0.4, 0.5) is 0 Å². The molecule has 0 radical (unpaired) electrons. The Balaban J connectivity index is 1.69. The maximum absolute atomic E-state index is 12.0. The minimum Gasteiger partial charge on any atom is -0.492 e. The molecule has 11 heteroatoms. The van der Waals surface area contributed by atoms with Crippen molar-refractivity contribution in [2.45, 2.75) is 32.2 Å². The van der Waals surface area contributed by atoms with E-state index in [1.54, 1.807) is 29.2 Å². The molecular formula is C16H23Cl2N5O3S. The summed E-state index contributed by atoms with van der Waals surface area (Å²) in [6.45, 7) is 1.72. The van der Waals surface area contributed by atoms with Crippen LogP contribution in [-0.4, -0.2) is 58.9 Å². The molecule has 0 aliphatic rings. The zero-order valence-corrected chi connectivity index (χ0v) is 17.4. The van der Waals surface area contributed by atoms with Crippen molar-refractivity contribution in [2.24, 2.45) is 0 Å². The third-order valence-electron chi connectivity index (χ3n) is 3.85. The van der Waals surface area contributed by atoms with E-state index in [4.69, 9.17) is 27.9 Å². The van der Waals surface area contributed by atoms with Gasteiger partial charge in [0.25, 0.3) is 0 Å². The van der Waals surface area contributed by atoms with Crippen LogP contribution in [0.1, 0.15) is 25.7 Å². The third-order valence-corrected chi connectivity index (χ3v) is 5.59. The van der Waals surface area contributed by atoms with Crippen LogP contribution in [0.3, 0.4) is 0 Å². The van der Waals surface area contributed by atoms with Crippen LogP contribution in [0.5, 0.6) is 5.75 Å². The fraction of sp³-hybridized carbons (Fsp3) is 0.562. The van der Waals surface area contributed by atoms with Crippen LogP contribution in [0.25, 0.3) is 0 Å². The lowest BCUT2D eigenvalue weighted by atomic mass is 10.2. The summed E-state index contributed by atoms with van der Waals surface area (Å²) in [5, 5.41) is 11.9. The highest BCUT2D eigenvalue weighted by Crippen LogP contribution is 2.24. The summed E-state index contributed by atoms with van der Waals surface area (Å²) in [4.78, 5) is 0. The molecule has 0 atom stereocenters. The molecule has 0 bridgehead atoms. The molecule has 0 fully saturated rings. The molecule has 1 aromatic carbocycles. The van der Waals surface area contributed by atoms with E-state index in [0.717, 1.165) is 32.2 Å². The second-order valence-corrected chi connectivity index (χ2v) is 8.96. The van der Waals surface area contributed by atoms with E-state index in [0.29, 0.717) is 22.3 Å². The van der Waals surface area contributed by atoms with E-state index < -0.39 is 10.0 Å². The Morgan fingerprint density at radius 3 is 2.41 bits per heavy atom. The lowest BCUT2D eigenvalue weighted by Gasteiger charge is -2.20. The van der Waals surface area contributed by atoms with Gasteiger partial charge in [0.2, 0.25) is 10.0 Å². The predicted octanol–water partition coefficient (Wildman–Crippen LogP) is 2.88. The number of rotatable bonds is 12. The lowest BCUT2D eigenvalue weighted by molar-refractivity contribution is 0.270. The zero-order chi connectivity index (χ0) is 19.7. The fourth-order valence-electron chi connectivity index (χ4n) is 2.52. The Hall–Kier alpha value is -1.42. The first kappa shape index (κ1) is 21.9. The van der Waals surface area contributed by atoms with Crippen LogP contribution in [0.2, 0.25) is 10.0 Å². The molecule has 2 rings (SSSR count). The number of ether oxygens (including phenoxy) is 1. The normalized spacial score (nSPS) is 11.9. The molecule has 1 aromatic heterocycles. The largest absolute Gasteiger partial charge is 0.492 e. The van der Waals surface area contributed by atoms with Gasteiger partial charge in [-0.1, -0.05) is 36.0 Å². The van der Waals surface area contributed by atoms with Gasteiger partial charge >= 0.3 is 0 Å². The quantitative estimate of drug-likeness (QED) is 0.476. The first-order valence-electron chi connectivity index (χ1n) is 8.59. The maximum atomic E-state index is 12.0. The van der Waals surface area contributed by atoms with Crippen molar-refractivity contribution < 1.29 is 13.2 Å². The molecule has 0 saturated heterocycles. The van der Waals surface area contributed by atoms with Gasteiger partial charge in [-0.2, -0.15) is 4.31 Å². The summed E-state index contributed by atoms with van der Waals surface area (Å²) in [6, 6.07) is 4.89. The number of aromatic nitrogens is 4. The van der Waals surface area contributed by atoms with E-state index in [1.165, 1.54) is 10.6 Å². The molecule has 8 nitrogen and oxygen atoms in total. The van der Waals surface area contributed by atoms with Crippen LogP contribution in [0, 0.1) is 0 Å². The van der Waals surface area contributed by atoms with Gasteiger partial charge in [-0.05, 0) is 41.5 Å². The van der Waals surface area contributed by atoms with Crippen molar-refractivity contribution in [1.29, 1.82) is 0 Å². The predicted molar refractivity (Wildman–Crippen MR) is 105 cm³/mol. The molecule has 0 saturated carbocycles. The second-order valence-electron chi connectivity index (χ2n) is 6.10. The Kier molecular flexibility index (Phi) is 8.75. The standard InChI is InChI=1S/C16H23Cl2N5O3S/c1-27(24,25)23(7-5-3-2-4-6-22-13-19-20-21-22)8-9-26-16-11-14(17)10-15(18)12-16/h10-13H,2-9H2,1H3. The van der Waals surface area contributed by atoms with Crippen molar-refractivity contribution in [3.05, 3.63) is 34.6 Å². The molecule has 0 N–H and O–H groups in total. The van der Waals surface area contributed by atoms with Gasteiger partial charge in [-0.15, -0.1) is 5.10 Å². The van der Waals surface area contributed by atoms with E-state index in [2.05, 4.69) is 15.5 Å². The van der Waals surface area contributed by atoms with E-state index in [9.17, 15) is 8.42 Å². The first-order chi connectivity index (χ1) is 12.8. The summed E-state index contributed by atoms with van der Waals surface area (Å²) in [6.07, 6.45) is 6.43. The average Bonchev–Trinajstić information content (AvgIpc) is 3.07. The maximum Gasteiger partial charge on any atom is 0.211 e. The Morgan fingerprint density at radius 2 is 1.78 bits per heavy atom. The van der Waals surface area contributed by atoms with Crippen molar-refractivity contribution >= 4 is 33.2 Å². The number of benzene rings is 1. The van der Waals surface area contributed by atoms with Gasteiger partial charge in [0.05, 0.1) is 6.26 Å². The topological polar surface area (TPSA) is 90.2 Å². The number of sulfonamides is 1. The van der Waals surface area contributed by atoms with Crippen LogP contribution in [0.15, 0.2) is 24.5 Å². The van der Waals surface area contributed by atoms with Crippen molar-refractivity contribution in [3.8, 4) is 5.75 Å². The molecule has 0 aliphatic carbocycles. The van der Waals surface area contributed by atoms with Crippen molar-refractivity contribution in [3.63, 3.8) is 0 Å². The first-order valence-corrected chi connectivity index (χ1v) is 11.2. The molecule has 150 valence electrons. The summed E-state index contributed by atoms with van der Waals surface area (Å²) >= 11 is 11.8. The Labute approximate surface area is 169 Å². The number of hydrogen-bond acceptors (Lipinski definition) is 6. The summed E-state index contributed by atoms with van der Waals surface area (Å²) in [5.41, 5.74) is 0. The molecule has 0 unspecified atom stereocenters. The van der Waals surface area contributed by atoms with Gasteiger partial charge < -0.3 is 4.74 Å². The SMILES string of the molecule is CS(=O)(=O)N(CCCCCCn1cnnn1)CCOc1cc(Cl)cc(Cl)c1. The summed E-state index contributed by atoms with van der Waals surface area (Å²) < 4.78 is 32.6.